The number of nitrogens with zero attached hydrogens (tertiary/aromatic N) is 1. The predicted octanol–water partition coefficient (Wildman–Crippen LogP) is 2.96. The SMILES string of the molecule is C.C.CC(C)(C)N.[B].[B].[C-]#[N+]C(C)(C)C. The van der Waals surface area contributed by atoms with Gasteiger partial charge in [0, 0.05) is 43.1 Å². The molecule has 0 rings (SSSR count). The fraction of sp³-hybridized carbons (Fsp3) is 0.909. The first-order valence-electron chi connectivity index (χ1n) is 3.74. The van der Waals surface area contributed by atoms with Gasteiger partial charge in [-0.05, 0) is 20.8 Å². The Morgan fingerprint density at radius 3 is 0.933 bits per heavy atom. The maximum absolute atomic E-state index is 6.48. The first-order chi connectivity index (χ1) is 4.56. The van der Waals surface area contributed by atoms with Crippen molar-refractivity contribution in [3.05, 3.63) is 11.4 Å². The van der Waals surface area contributed by atoms with Crippen molar-refractivity contribution >= 4 is 16.8 Å². The van der Waals surface area contributed by atoms with Crippen molar-refractivity contribution in [3.8, 4) is 0 Å². The molecule has 0 spiro atoms. The molecule has 0 bridgehead atoms. The van der Waals surface area contributed by atoms with Gasteiger partial charge >= 0.3 is 0 Å². The van der Waals surface area contributed by atoms with Crippen molar-refractivity contribution in [2.45, 2.75) is 67.5 Å². The van der Waals surface area contributed by atoms with Gasteiger partial charge < -0.3 is 10.6 Å². The highest BCUT2D eigenvalue weighted by Crippen LogP contribution is 2.03. The first-order valence-corrected chi connectivity index (χ1v) is 3.74. The molecule has 0 atom stereocenters. The van der Waals surface area contributed by atoms with E-state index < -0.39 is 0 Å². The average molecular weight is 210 g/mol. The molecule has 0 aromatic heterocycles. The van der Waals surface area contributed by atoms with Crippen molar-refractivity contribution in [1.82, 2.24) is 0 Å². The molecular weight excluding hydrogens is 182 g/mol. The summed E-state index contributed by atoms with van der Waals surface area (Å²) in [4.78, 5) is 3.27. The van der Waals surface area contributed by atoms with E-state index in [1.54, 1.807) is 0 Å². The Hall–Kier alpha value is -0.420. The number of hydrogen-bond donors (Lipinski definition) is 1. The minimum absolute atomic E-state index is 0. The minimum Gasteiger partial charge on any atom is -0.326 e. The molecule has 0 heterocycles. The Morgan fingerprint density at radius 1 is 0.867 bits per heavy atom. The van der Waals surface area contributed by atoms with Crippen LogP contribution in [0.3, 0.4) is 0 Å². The van der Waals surface area contributed by atoms with Gasteiger partial charge in [0.05, 0.1) is 0 Å². The summed E-state index contributed by atoms with van der Waals surface area (Å²) in [6.07, 6.45) is 0. The van der Waals surface area contributed by atoms with Gasteiger partial charge in [-0.15, -0.1) is 0 Å². The Bertz CT molecular complexity index is 132. The quantitative estimate of drug-likeness (QED) is 0.483. The minimum atomic E-state index is -0.167. The van der Waals surface area contributed by atoms with E-state index in [9.17, 15) is 0 Å². The standard InChI is InChI=1S/C5H9N.C4H11N.2CH4.2B/c1-5(2,3)6-4;1-4(2,3)5;;;;/h1-3H3;5H2,1-3H3;2*1H4;;. The summed E-state index contributed by atoms with van der Waals surface area (Å²) in [5.41, 5.74) is 5.19. The molecular formula is C11H28B2N2. The van der Waals surface area contributed by atoms with E-state index in [4.69, 9.17) is 12.3 Å². The molecule has 0 fully saturated rings. The lowest BCUT2D eigenvalue weighted by Gasteiger charge is -2.06. The molecule has 6 radical (unpaired) electrons. The summed E-state index contributed by atoms with van der Waals surface area (Å²) in [5, 5.41) is 0. The Labute approximate surface area is 102 Å². The molecule has 4 heteroatoms. The smallest absolute Gasteiger partial charge is 0.224 e. The summed E-state index contributed by atoms with van der Waals surface area (Å²) in [6, 6.07) is 0. The Balaban J connectivity index is -0.0000000215. The highest BCUT2D eigenvalue weighted by molar-refractivity contribution is 5.76. The fourth-order valence-electron chi connectivity index (χ4n) is 0. The summed E-state index contributed by atoms with van der Waals surface area (Å²) < 4.78 is 0. The van der Waals surface area contributed by atoms with Crippen LogP contribution in [0, 0.1) is 6.57 Å². The Morgan fingerprint density at radius 2 is 0.933 bits per heavy atom. The van der Waals surface area contributed by atoms with Crippen LogP contribution >= 0.6 is 0 Å². The van der Waals surface area contributed by atoms with Gasteiger partial charge in [0.25, 0.3) is 0 Å². The molecule has 88 valence electrons. The second-order valence-electron chi connectivity index (χ2n) is 4.65. The molecule has 15 heavy (non-hydrogen) atoms. The van der Waals surface area contributed by atoms with Crippen LogP contribution in [0.5, 0.6) is 0 Å². The molecule has 0 unspecified atom stereocenters. The monoisotopic (exact) mass is 210 g/mol. The second-order valence-corrected chi connectivity index (χ2v) is 4.65. The summed E-state index contributed by atoms with van der Waals surface area (Å²) >= 11 is 0. The Kier molecular flexibility index (Phi) is 33.1. The van der Waals surface area contributed by atoms with Crippen molar-refractivity contribution in [2.75, 3.05) is 0 Å². The van der Waals surface area contributed by atoms with E-state index in [1.165, 1.54) is 0 Å². The third-order valence-corrected chi connectivity index (χ3v) is 0.335. The van der Waals surface area contributed by atoms with Crippen LogP contribution in [0.15, 0.2) is 0 Å². The van der Waals surface area contributed by atoms with Crippen LogP contribution in [0.1, 0.15) is 56.4 Å². The predicted molar refractivity (Wildman–Crippen MR) is 75.3 cm³/mol. The van der Waals surface area contributed by atoms with Crippen molar-refractivity contribution in [2.24, 2.45) is 5.73 Å². The van der Waals surface area contributed by atoms with Gasteiger partial charge in [-0.1, -0.05) is 14.9 Å². The van der Waals surface area contributed by atoms with Crippen LogP contribution in [0.4, 0.5) is 0 Å². The highest BCUT2D eigenvalue weighted by Gasteiger charge is 2.10. The lowest BCUT2D eigenvalue weighted by atomic mass is 10.1. The maximum atomic E-state index is 6.48. The number of nitrogens with two attached hydrogens (primary N) is 1. The average Bonchev–Trinajstić information content (AvgIpc) is 1.59. The lowest BCUT2D eigenvalue weighted by Crippen LogP contribution is -2.26. The molecule has 0 aliphatic rings. The molecule has 0 aromatic carbocycles. The summed E-state index contributed by atoms with van der Waals surface area (Å²) in [6.45, 7) is 18.0. The third kappa shape index (κ3) is 274. The molecule has 0 saturated carbocycles. The summed E-state index contributed by atoms with van der Waals surface area (Å²) in [7, 11) is 0. The van der Waals surface area contributed by atoms with Crippen LogP contribution in [0.2, 0.25) is 0 Å². The van der Waals surface area contributed by atoms with Gasteiger partial charge in [-0.25, -0.2) is 6.57 Å². The van der Waals surface area contributed by atoms with E-state index in [-0.39, 0.29) is 42.8 Å². The number of rotatable bonds is 0. The second kappa shape index (κ2) is 13.6. The highest BCUT2D eigenvalue weighted by atomic mass is 14.7. The van der Waals surface area contributed by atoms with Gasteiger partial charge in [0.1, 0.15) is 0 Å². The zero-order valence-electron chi connectivity index (χ0n) is 9.68. The van der Waals surface area contributed by atoms with E-state index in [0.717, 1.165) is 0 Å². The lowest BCUT2D eigenvalue weighted by molar-refractivity contribution is 0.580. The zero-order chi connectivity index (χ0) is 9.71. The van der Waals surface area contributed by atoms with Crippen LogP contribution < -0.4 is 5.73 Å². The first kappa shape index (κ1) is 36.5. The molecule has 0 aliphatic carbocycles. The van der Waals surface area contributed by atoms with Crippen LogP contribution in [0.25, 0.3) is 4.85 Å². The summed E-state index contributed by atoms with van der Waals surface area (Å²) in [5.74, 6) is 0. The molecule has 0 aliphatic heterocycles. The molecule has 0 saturated heterocycles. The largest absolute Gasteiger partial charge is 0.326 e. The van der Waals surface area contributed by atoms with Gasteiger partial charge in [0.2, 0.25) is 5.54 Å². The van der Waals surface area contributed by atoms with Crippen LogP contribution in [-0.2, 0) is 0 Å². The number of hydrogen-bond acceptors (Lipinski definition) is 1. The van der Waals surface area contributed by atoms with E-state index >= 15 is 0 Å². The van der Waals surface area contributed by atoms with Crippen molar-refractivity contribution < 1.29 is 0 Å². The molecule has 2 nitrogen and oxygen atoms in total. The topological polar surface area (TPSA) is 30.4 Å². The van der Waals surface area contributed by atoms with Gasteiger partial charge in [0.15, 0.2) is 0 Å². The molecule has 2 N–H and O–H groups in total. The molecule has 0 amide bonds. The fourth-order valence-corrected chi connectivity index (χ4v) is 0. The van der Waals surface area contributed by atoms with E-state index in [2.05, 4.69) is 4.85 Å². The van der Waals surface area contributed by atoms with E-state index in [1.807, 2.05) is 41.5 Å². The normalized spacial score (nSPS) is 8.13. The van der Waals surface area contributed by atoms with E-state index in [0.29, 0.717) is 0 Å². The zero-order valence-corrected chi connectivity index (χ0v) is 9.68. The van der Waals surface area contributed by atoms with Gasteiger partial charge in [-0.2, -0.15) is 0 Å². The van der Waals surface area contributed by atoms with Crippen molar-refractivity contribution in [3.63, 3.8) is 0 Å². The van der Waals surface area contributed by atoms with Crippen molar-refractivity contribution in [1.29, 1.82) is 0 Å². The van der Waals surface area contributed by atoms with Crippen LogP contribution in [-0.4, -0.2) is 27.9 Å². The molecule has 0 aromatic rings. The van der Waals surface area contributed by atoms with Gasteiger partial charge in [-0.3, -0.25) is 0 Å². The third-order valence-electron chi connectivity index (χ3n) is 0.335. The maximum Gasteiger partial charge on any atom is 0.224 e.